The summed E-state index contributed by atoms with van der Waals surface area (Å²) in [6, 6.07) is 0.387. The second kappa shape index (κ2) is 2.10. The van der Waals surface area contributed by atoms with Gasteiger partial charge in [-0.3, -0.25) is 4.90 Å². The van der Waals surface area contributed by atoms with Gasteiger partial charge in [-0.15, -0.1) is 0 Å². The number of thiocarbonyl (C=S) groups is 1. The summed E-state index contributed by atoms with van der Waals surface area (Å²) in [6.07, 6.45) is 4.12. The quantitative estimate of drug-likeness (QED) is 0.310. The second-order valence-electron chi connectivity index (χ2n) is 1.79. The van der Waals surface area contributed by atoms with Crippen molar-refractivity contribution in [2.75, 3.05) is 0 Å². The van der Waals surface area contributed by atoms with E-state index in [1.54, 1.807) is 0 Å². The first-order valence-corrected chi connectivity index (χ1v) is 2.86. The van der Waals surface area contributed by atoms with Crippen LogP contribution in [-0.4, -0.2) is 16.4 Å². The van der Waals surface area contributed by atoms with E-state index in [1.807, 2.05) is 6.19 Å². The Balaban J connectivity index is 2.39. The van der Waals surface area contributed by atoms with E-state index in [9.17, 15) is 0 Å². The van der Waals surface area contributed by atoms with Crippen molar-refractivity contribution in [3.05, 3.63) is 0 Å². The Morgan fingerprint density at radius 1 is 1.62 bits per heavy atom. The summed E-state index contributed by atoms with van der Waals surface area (Å²) in [5.41, 5.74) is 2.37. The molecule has 0 spiro atoms. The Morgan fingerprint density at radius 3 is 2.38 bits per heavy atom. The molecule has 1 saturated carbocycles. The Hall–Kier alpha value is -0.620. The summed E-state index contributed by atoms with van der Waals surface area (Å²) >= 11 is 4.44. The predicted octanol–water partition coefficient (Wildman–Crippen LogP) is 0.766. The number of hydrogen-bond acceptors (Lipinski definition) is 2. The lowest BCUT2D eigenvalue weighted by Crippen LogP contribution is -2.15. The minimum Gasteiger partial charge on any atom is -0.264 e. The van der Waals surface area contributed by atoms with E-state index in [2.05, 4.69) is 17.7 Å². The SMILES string of the molecule is N#CN([C]=S)C1CC1. The van der Waals surface area contributed by atoms with Crippen molar-refractivity contribution in [1.82, 2.24) is 4.90 Å². The molecule has 3 heteroatoms. The molecule has 0 atom stereocenters. The largest absolute Gasteiger partial charge is 0.264 e. The van der Waals surface area contributed by atoms with Crippen LogP contribution >= 0.6 is 12.2 Å². The van der Waals surface area contributed by atoms with E-state index in [0.717, 1.165) is 12.8 Å². The third-order valence-corrected chi connectivity index (χ3v) is 1.31. The fourth-order valence-electron chi connectivity index (χ4n) is 0.509. The molecule has 41 valence electrons. The lowest BCUT2D eigenvalue weighted by molar-refractivity contribution is 0.590. The maximum atomic E-state index is 8.28. The van der Waals surface area contributed by atoms with Crippen molar-refractivity contribution in [3.63, 3.8) is 0 Å². The van der Waals surface area contributed by atoms with Crippen molar-refractivity contribution in [3.8, 4) is 6.19 Å². The monoisotopic (exact) mass is 125 g/mol. The van der Waals surface area contributed by atoms with Crippen LogP contribution in [0.2, 0.25) is 0 Å². The van der Waals surface area contributed by atoms with Gasteiger partial charge in [0.2, 0.25) is 0 Å². The first-order valence-electron chi connectivity index (χ1n) is 2.45. The number of nitriles is 1. The van der Waals surface area contributed by atoms with Crippen LogP contribution in [0.5, 0.6) is 0 Å². The molecule has 0 heterocycles. The molecule has 8 heavy (non-hydrogen) atoms. The van der Waals surface area contributed by atoms with Gasteiger partial charge >= 0.3 is 0 Å². The van der Waals surface area contributed by atoms with Crippen molar-refractivity contribution >= 4 is 17.7 Å². The minimum absolute atomic E-state index is 0.387. The molecular formula is C5H5N2S. The molecule has 0 aromatic rings. The maximum absolute atomic E-state index is 8.28. The van der Waals surface area contributed by atoms with Gasteiger partial charge in [-0.1, -0.05) is 12.2 Å². The van der Waals surface area contributed by atoms with Crippen LogP contribution in [0.4, 0.5) is 0 Å². The third kappa shape index (κ3) is 0.958. The Kier molecular flexibility index (Phi) is 1.45. The summed E-state index contributed by atoms with van der Waals surface area (Å²) in [7, 11) is 0. The summed E-state index contributed by atoms with van der Waals surface area (Å²) in [5.74, 6) is 0. The maximum Gasteiger partial charge on any atom is 0.185 e. The zero-order valence-electron chi connectivity index (χ0n) is 4.29. The van der Waals surface area contributed by atoms with Crippen LogP contribution in [-0.2, 0) is 0 Å². The van der Waals surface area contributed by atoms with Gasteiger partial charge in [0.1, 0.15) is 0 Å². The Morgan fingerprint density at radius 2 is 2.25 bits per heavy atom. The molecule has 0 unspecified atom stereocenters. The number of nitrogens with zero attached hydrogens (tertiary/aromatic N) is 2. The molecule has 1 aliphatic rings. The van der Waals surface area contributed by atoms with Gasteiger partial charge < -0.3 is 0 Å². The van der Waals surface area contributed by atoms with Gasteiger partial charge in [-0.05, 0) is 12.8 Å². The highest BCUT2D eigenvalue weighted by atomic mass is 32.1. The lowest BCUT2D eigenvalue weighted by atomic mass is 10.6. The number of hydrogen-bond donors (Lipinski definition) is 0. The fourth-order valence-corrected chi connectivity index (χ4v) is 0.699. The average molecular weight is 125 g/mol. The lowest BCUT2D eigenvalue weighted by Gasteiger charge is -2.01. The van der Waals surface area contributed by atoms with E-state index >= 15 is 0 Å². The van der Waals surface area contributed by atoms with Gasteiger partial charge in [-0.25, -0.2) is 0 Å². The fraction of sp³-hybridized carbons (Fsp3) is 0.600. The van der Waals surface area contributed by atoms with Crippen LogP contribution in [0, 0.1) is 11.5 Å². The Bertz CT molecular complexity index is 134. The van der Waals surface area contributed by atoms with Gasteiger partial charge in [-0.2, -0.15) is 5.26 Å². The minimum atomic E-state index is 0.387. The molecule has 0 bridgehead atoms. The zero-order chi connectivity index (χ0) is 5.98. The molecule has 1 aliphatic carbocycles. The molecular weight excluding hydrogens is 120 g/mol. The van der Waals surface area contributed by atoms with Gasteiger partial charge in [0.05, 0.1) is 0 Å². The molecule has 0 amide bonds. The van der Waals surface area contributed by atoms with Crippen molar-refractivity contribution in [1.29, 1.82) is 5.26 Å². The van der Waals surface area contributed by atoms with Crippen LogP contribution in [0.3, 0.4) is 0 Å². The smallest absolute Gasteiger partial charge is 0.185 e. The van der Waals surface area contributed by atoms with Crippen LogP contribution in [0.1, 0.15) is 12.8 Å². The highest BCUT2D eigenvalue weighted by molar-refractivity contribution is 7.78. The van der Waals surface area contributed by atoms with E-state index < -0.39 is 0 Å². The Labute approximate surface area is 53.7 Å². The molecule has 2 nitrogen and oxygen atoms in total. The summed E-state index contributed by atoms with van der Waals surface area (Å²) in [6.45, 7) is 0. The molecule has 0 saturated heterocycles. The summed E-state index contributed by atoms with van der Waals surface area (Å²) < 4.78 is 0. The van der Waals surface area contributed by atoms with E-state index in [4.69, 9.17) is 5.26 Å². The normalized spacial score (nSPS) is 16.9. The summed E-state index contributed by atoms with van der Waals surface area (Å²) in [4.78, 5) is 1.40. The topological polar surface area (TPSA) is 27.0 Å². The molecule has 0 aromatic heterocycles. The van der Waals surface area contributed by atoms with Crippen LogP contribution < -0.4 is 0 Å². The van der Waals surface area contributed by atoms with Gasteiger partial charge in [0.25, 0.3) is 0 Å². The standard InChI is InChI=1S/C5H5N2S/c6-3-7(4-8)5-1-2-5/h5H,1-2H2. The molecule has 1 radical (unpaired) electrons. The molecule has 1 rings (SSSR count). The highest BCUT2D eigenvalue weighted by Crippen LogP contribution is 2.24. The van der Waals surface area contributed by atoms with Gasteiger partial charge in [0.15, 0.2) is 11.7 Å². The van der Waals surface area contributed by atoms with E-state index in [0.29, 0.717) is 6.04 Å². The molecule has 1 fully saturated rings. The third-order valence-electron chi connectivity index (χ3n) is 1.12. The highest BCUT2D eigenvalue weighted by Gasteiger charge is 2.27. The van der Waals surface area contributed by atoms with Crippen molar-refractivity contribution < 1.29 is 0 Å². The zero-order valence-corrected chi connectivity index (χ0v) is 5.11. The first kappa shape index (κ1) is 5.52. The summed E-state index contributed by atoms with van der Waals surface area (Å²) in [5, 5.41) is 8.28. The van der Waals surface area contributed by atoms with Crippen LogP contribution in [0.15, 0.2) is 0 Å². The molecule has 0 N–H and O–H groups in total. The van der Waals surface area contributed by atoms with Gasteiger partial charge in [0, 0.05) is 6.04 Å². The van der Waals surface area contributed by atoms with Crippen molar-refractivity contribution in [2.24, 2.45) is 0 Å². The predicted molar refractivity (Wildman–Crippen MR) is 33.1 cm³/mol. The first-order chi connectivity index (χ1) is 3.88. The van der Waals surface area contributed by atoms with Crippen molar-refractivity contribution in [2.45, 2.75) is 18.9 Å². The van der Waals surface area contributed by atoms with Crippen LogP contribution in [0.25, 0.3) is 0 Å². The molecule has 0 aliphatic heterocycles. The van der Waals surface area contributed by atoms with E-state index in [1.165, 1.54) is 4.90 Å². The second-order valence-corrected chi connectivity index (χ2v) is 1.98. The molecule has 0 aromatic carbocycles. The van der Waals surface area contributed by atoms with E-state index in [-0.39, 0.29) is 0 Å². The average Bonchev–Trinajstić information content (AvgIpc) is 2.53. The number of rotatable bonds is 2.